The van der Waals surface area contributed by atoms with Gasteiger partial charge >= 0.3 is 0 Å². The van der Waals surface area contributed by atoms with Gasteiger partial charge in [0, 0.05) is 42.1 Å². The molecule has 0 saturated heterocycles. The second-order valence-corrected chi connectivity index (χ2v) is 10.1. The van der Waals surface area contributed by atoms with Crippen LogP contribution in [0.5, 0.6) is 5.75 Å². The normalized spacial score (nSPS) is 18.6. The van der Waals surface area contributed by atoms with Crippen molar-refractivity contribution < 1.29 is 28.2 Å². The van der Waals surface area contributed by atoms with E-state index in [1.807, 2.05) is 43.3 Å². The van der Waals surface area contributed by atoms with E-state index in [1.165, 1.54) is 12.1 Å². The van der Waals surface area contributed by atoms with Crippen molar-refractivity contribution in [3.05, 3.63) is 99.5 Å². The SMILES string of the molecule is C[C@H]1OC(c2ccc(OCCCO)cc2)=N[C@@]1(Cc1ccc(Br)cc1)C(=O)NCCc1cc(F)cc(F)c1. The number of ether oxygens (including phenoxy) is 2. The molecule has 2 N–H and O–H groups in total. The van der Waals surface area contributed by atoms with Crippen molar-refractivity contribution >= 4 is 27.7 Å². The van der Waals surface area contributed by atoms with E-state index in [0.717, 1.165) is 16.1 Å². The summed E-state index contributed by atoms with van der Waals surface area (Å²) < 4.78 is 39.8. The number of amides is 1. The fraction of sp³-hybridized carbons (Fsp3) is 0.310. The maximum atomic E-state index is 13.7. The number of nitrogens with one attached hydrogen (secondary N) is 1. The summed E-state index contributed by atoms with van der Waals surface area (Å²) in [7, 11) is 0. The van der Waals surface area contributed by atoms with E-state index in [1.54, 1.807) is 12.1 Å². The van der Waals surface area contributed by atoms with Crippen LogP contribution in [0.3, 0.4) is 0 Å². The third kappa shape index (κ3) is 6.76. The van der Waals surface area contributed by atoms with Crippen LogP contribution >= 0.6 is 15.9 Å². The smallest absolute Gasteiger partial charge is 0.252 e. The van der Waals surface area contributed by atoms with E-state index in [4.69, 9.17) is 19.6 Å². The third-order valence-corrected chi connectivity index (χ3v) is 6.86. The van der Waals surface area contributed by atoms with Crippen LogP contribution in [0, 0.1) is 11.6 Å². The van der Waals surface area contributed by atoms with Gasteiger partial charge in [-0.05, 0) is 73.0 Å². The van der Waals surface area contributed by atoms with Crippen LogP contribution in [-0.4, -0.2) is 48.3 Å². The van der Waals surface area contributed by atoms with E-state index in [9.17, 15) is 13.6 Å². The first-order valence-electron chi connectivity index (χ1n) is 12.4. The minimum absolute atomic E-state index is 0.0578. The molecule has 1 heterocycles. The molecule has 4 rings (SSSR count). The Bertz CT molecular complexity index is 1260. The summed E-state index contributed by atoms with van der Waals surface area (Å²) >= 11 is 3.44. The Balaban J connectivity index is 1.56. The predicted octanol–water partition coefficient (Wildman–Crippen LogP) is 4.99. The zero-order valence-corrected chi connectivity index (χ0v) is 22.5. The highest BCUT2D eigenvalue weighted by molar-refractivity contribution is 9.10. The van der Waals surface area contributed by atoms with E-state index < -0.39 is 23.3 Å². The number of carbonyl (C=O) groups excluding carboxylic acids is 1. The summed E-state index contributed by atoms with van der Waals surface area (Å²) in [6.07, 6.45) is 0.524. The lowest BCUT2D eigenvalue weighted by Gasteiger charge is -2.28. The molecule has 0 spiro atoms. The number of rotatable bonds is 11. The highest BCUT2D eigenvalue weighted by Gasteiger charge is 2.50. The van der Waals surface area contributed by atoms with Gasteiger partial charge in [0.25, 0.3) is 5.91 Å². The van der Waals surface area contributed by atoms with Crippen LogP contribution in [0.1, 0.15) is 30.0 Å². The van der Waals surface area contributed by atoms with Crippen molar-refractivity contribution in [2.75, 3.05) is 19.8 Å². The van der Waals surface area contributed by atoms with Gasteiger partial charge in [-0.25, -0.2) is 13.8 Å². The van der Waals surface area contributed by atoms with Crippen molar-refractivity contribution in [1.82, 2.24) is 5.32 Å². The number of hydrogen-bond acceptors (Lipinski definition) is 5. The first-order chi connectivity index (χ1) is 18.3. The van der Waals surface area contributed by atoms with Crippen molar-refractivity contribution in [3.63, 3.8) is 0 Å². The van der Waals surface area contributed by atoms with E-state index in [-0.39, 0.29) is 25.5 Å². The fourth-order valence-corrected chi connectivity index (χ4v) is 4.55. The molecule has 0 aromatic heterocycles. The highest BCUT2D eigenvalue weighted by Crippen LogP contribution is 2.33. The molecule has 3 aromatic carbocycles. The molecule has 200 valence electrons. The van der Waals surface area contributed by atoms with Crippen molar-refractivity contribution in [3.8, 4) is 5.75 Å². The highest BCUT2D eigenvalue weighted by atomic mass is 79.9. The van der Waals surface area contributed by atoms with E-state index in [2.05, 4.69) is 21.2 Å². The number of carbonyl (C=O) groups is 1. The summed E-state index contributed by atoms with van der Waals surface area (Å²) in [5.41, 5.74) is 0.814. The van der Waals surface area contributed by atoms with Crippen LogP contribution < -0.4 is 10.1 Å². The van der Waals surface area contributed by atoms with Gasteiger partial charge in [0.1, 0.15) is 23.5 Å². The molecule has 38 heavy (non-hydrogen) atoms. The van der Waals surface area contributed by atoms with Gasteiger partial charge in [0.15, 0.2) is 5.54 Å². The first kappa shape index (κ1) is 27.7. The minimum atomic E-state index is -1.24. The Morgan fingerprint density at radius 2 is 1.76 bits per heavy atom. The predicted molar refractivity (Wildman–Crippen MR) is 144 cm³/mol. The molecule has 6 nitrogen and oxygen atoms in total. The van der Waals surface area contributed by atoms with Gasteiger partial charge in [-0.3, -0.25) is 4.79 Å². The monoisotopic (exact) mass is 586 g/mol. The Labute approximate surface area is 228 Å². The van der Waals surface area contributed by atoms with Crippen molar-refractivity contribution in [2.24, 2.45) is 4.99 Å². The quantitative estimate of drug-likeness (QED) is 0.310. The molecule has 0 unspecified atom stereocenters. The summed E-state index contributed by atoms with van der Waals surface area (Å²) in [4.78, 5) is 18.5. The van der Waals surface area contributed by atoms with Crippen molar-refractivity contribution in [1.29, 1.82) is 0 Å². The van der Waals surface area contributed by atoms with Gasteiger partial charge in [-0.2, -0.15) is 0 Å². The molecule has 0 fully saturated rings. The largest absolute Gasteiger partial charge is 0.494 e. The van der Waals surface area contributed by atoms with Gasteiger partial charge < -0.3 is 19.9 Å². The number of benzene rings is 3. The fourth-order valence-electron chi connectivity index (χ4n) is 4.29. The lowest BCUT2D eigenvalue weighted by Crippen LogP contribution is -2.52. The first-order valence-corrected chi connectivity index (χ1v) is 13.2. The lowest BCUT2D eigenvalue weighted by molar-refractivity contribution is -0.128. The molecule has 1 aliphatic rings. The molecule has 0 bridgehead atoms. The molecule has 1 aliphatic heterocycles. The number of halogens is 3. The molecule has 9 heteroatoms. The topological polar surface area (TPSA) is 80.2 Å². The van der Waals surface area contributed by atoms with Crippen molar-refractivity contribution in [2.45, 2.75) is 37.8 Å². The van der Waals surface area contributed by atoms with Gasteiger partial charge in [-0.1, -0.05) is 28.1 Å². The zero-order valence-electron chi connectivity index (χ0n) is 20.9. The second-order valence-electron chi connectivity index (χ2n) is 9.14. The third-order valence-electron chi connectivity index (χ3n) is 6.34. The molecular formula is C29H29BrF2N2O4. The number of aliphatic hydroxyl groups is 1. The Kier molecular flexibility index (Phi) is 9.12. The Morgan fingerprint density at radius 1 is 1.08 bits per heavy atom. The van der Waals surface area contributed by atoms with Gasteiger partial charge in [-0.15, -0.1) is 0 Å². The number of aliphatic hydroxyl groups excluding tert-OH is 1. The van der Waals surface area contributed by atoms with E-state index >= 15 is 0 Å². The van der Waals surface area contributed by atoms with Crippen LogP contribution in [0.15, 0.2) is 76.2 Å². The molecule has 3 aromatic rings. The molecule has 0 aliphatic carbocycles. The van der Waals surface area contributed by atoms with E-state index in [0.29, 0.717) is 42.2 Å². The molecule has 0 saturated carbocycles. The van der Waals surface area contributed by atoms with Crippen LogP contribution in [-0.2, 0) is 22.4 Å². The Morgan fingerprint density at radius 3 is 2.42 bits per heavy atom. The van der Waals surface area contributed by atoms with Gasteiger partial charge in [0.2, 0.25) is 5.90 Å². The molecule has 0 radical (unpaired) electrons. The molecular weight excluding hydrogens is 558 g/mol. The van der Waals surface area contributed by atoms with Crippen LogP contribution in [0.2, 0.25) is 0 Å². The average Bonchev–Trinajstić information content (AvgIpc) is 3.22. The number of hydrogen-bond donors (Lipinski definition) is 2. The van der Waals surface area contributed by atoms with Crippen LogP contribution in [0.4, 0.5) is 8.78 Å². The maximum absolute atomic E-state index is 13.7. The van der Waals surface area contributed by atoms with Crippen LogP contribution in [0.25, 0.3) is 0 Å². The second kappa shape index (κ2) is 12.5. The minimum Gasteiger partial charge on any atom is -0.494 e. The maximum Gasteiger partial charge on any atom is 0.252 e. The lowest BCUT2D eigenvalue weighted by atomic mass is 9.86. The summed E-state index contributed by atoms with van der Waals surface area (Å²) in [6, 6.07) is 18.2. The number of aliphatic imine (C=N–C) groups is 1. The summed E-state index contributed by atoms with van der Waals surface area (Å²) in [5.74, 6) is -0.645. The number of nitrogens with zero attached hydrogens (tertiary/aromatic N) is 1. The standard InChI is InChI=1S/C29H29BrF2N2O4/c1-19-29(18-20-3-7-23(30)8-4-20,28(36)33-12-11-21-15-24(31)17-25(32)16-21)34-27(38-19)22-5-9-26(10-6-22)37-14-2-13-35/h3-10,15-17,19,35H,2,11-14,18H2,1H3,(H,33,36)/t19-,29-/m1/s1. The molecule has 1 amide bonds. The summed E-state index contributed by atoms with van der Waals surface area (Å²) in [5, 5.41) is 11.8. The van der Waals surface area contributed by atoms with Gasteiger partial charge in [0.05, 0.1) is 6.61 Å². The molecule has 2 atom stereocenters. The Hall–Kier alpha value is -3.30. The zero-order chi connectivity index (χ0) is 27.1. The summed E-state index contributed by atoms with van der Waals surface area (Å²) in [6.45, 7) is 2.45. The average molecular weight is 587 g/mol.